The molecule has 1 heterocycles. The molecule has 5 unspecified atom stereocenters. The van der Waals surface area contributed by atoms with Crippen molar-refractivity contribution in [2.75, 3.05) is 13.1 Å². The maximum Gasteiger partial charge on any atom is 0.323 e. The zero-order valence-electron chi connectivity index (χ0n) is 31.5. The van der Waals surface area contributed by atoms with E-state index in [1.807, 2.05) is 0 Å². The molecule has 5 atom stereocenters. The third kappa shape index (κ3) is 22.8. The molecule has 1 aliphatic rings. The number of aliphatic hydroxyl groups is 2. The largest absolute Gasteiger partial charge is 0.460 e. The van der Waals surface area contributed by atoms with Crippen LogP contribution in [0.3, 0.4) is 0 Å². The molecule has 0 saturated carbocycles. The second kappa shape index (κ2) is 30.4. The molecule has 0 aromatic heterocycles. The minimum Gasteiger partial charge on any atom is -0.460 e. The Morgan fingerprint density at radius 2 is 1.00 bits per heavy atom. The summed E-state index contributed by atoms with van der Waals surface area (Å²) in [5.41, 5.74) is 0. The SMILES string of the molecule is CCCCCCCCCCC(O)CCC(C)C1C(=O)OC(CCCCCCCCCC)CN1CC(O)CCCCCCCCCC. The smallest absolute Gasteiger partial charge is 0.323 e. The molecule has 5 heteroatoms. The van der Waals surface area contributed by atoms with E-state index >= 15 is 0 Å². The van der Waals surface area contributed by atoms with E-state index < -0.39 is 6.10 Å². The molecule has 0 spiro atoms. The van der Waals surface area contributed by atoms with E-state index in [1.165, 1.54) is 135 Å². The maximum atomic E-state index is 13.5. The first-order valence-corrected chi connectivity index (χ1v) is 20.7. The minimum absolute atomic E-state index is 0.0704. The summed E-state index contributed by atoms with van der Waals surface area (Å²) in [6, 6.07) is -0.321. The van der Waals surface area contributed by atoms with Crippen molar-refractivity contribution in [3.63, 3.8) is 0 Å². The number of ether oxygens (including phenoxy) is 1. The van der Waals surface area contributed by atoms with Crippen LogP contribution in [-0.2, 0) is 9.53 Å². The molecular weight excluding hydrogens is 570 g/mol. The molecule has 274 valence electrons. The summed E-state index contributed by atoms with van der Waals surface area (Å²) in [5.74, 6) is -0.0136. The van der Waals surface area contributed by atoms with Gasteiger partial charge in [0.2, 0.25) is 0 Å². The summed E-state index contributed by atoms with van der Waals surface area (Å²) < 4.78 is 6.05. The zero-order valence-corrected chi connectivity index (χ0v) is 31.5. The van der Waals surface area contributed by atoms with E-state index in [-0.39, 0.29) is 30.1 Å². The third-order valence-electron chi connectivity index (χ3n) is 10.5. The van der Waals surface area contributed by atoms with Gasteiger partial charge in [0.15, 0.2) is 0 Å². The summed E-state index contributed by atoms with van der Waals surface area (Å²) in [5, 5.41) is 21.8. The van der Waals surface area contributed by atoms with Gasteiger partial charge in [-0.1, -0.05) is 175 Å². The van der Waals surface area contributed by atoms with Gasteiger partial charge in [-0.25, -0.2) is 0 Å². The molecule has 1 aliphatic heterocycles. The van der Waals surface area contributed by atoms with Gasteiger partial charge in [-0.2, -0.15) is 0 Å². The van der Waals surface area contributed by atoms with Gasteiger partial charge in [0.25, 0.3) is 0 Å². The van der Waals surface area contributed by atoms with Gasteiger partial charge < -0.3 is 14.9 Å². The maximum absolute atomic E-state index is 13.5. The average molecular weight is 652 g/mol. The molecule has 1 fully saturated rings. The monoisotopic (exact) mass is 652 g/mol. The van der Waals surface area contributed by atoms with Crippen LogP contribution in [0.25, 0.3) is 0 Å². The second-order valence-corrected chi connectivity index (χ2v) is 15.1. The summed E-state index contributed by atoms with van der Waals surface area (Å²) in [6.45, 7) is 10.2. The molecule has 1 rings (SSSR count). The van der Waals surface area contributed by atoms with Crippen LogP contribution in [0.2, 0.25) is 0 Å². The fourth-order valence-electron chi connectivity index (χ4n) is 7.38. The molecular formula is C41H81NO4. The normalized spacial score (nSPS) is 19.3. The molecule has 5 nitrogen and oxygen atoms in total. The minimum atomic E-state index is -0.406. The highest BCUT2D eigenvalue weighted by molar-refractivity contribution is 5.77. The Kier molecular flexibility index (Phi) is 28.7. The van der Waals surface area contributed by atoms with Crippen molar-refractivity contribution < 1.29 is 19.7 Å². The lowest BCUT2D eigenvalue weighted by Crippen LogP contribution is -2.57. The lowest BCUT2D eigenvalue weighted by molar-refractivity contribution is -0.171. The second-order valence-electron chi connectivity index (χ2n) is 15.1. The van der Waals surface area contributed by atoms with Crippen molar-refractivity contribution in [2.24, 2.45) is 5.92 Å². The Balaban J connectivity index is 2.54. The van der Waals surface area contributed by atoms with Gasteiger partial charge in [0.05, 0.1) is 12.2 Å². The molecule has 0 aromatic rings. The molecule has 0 radical (unpaired) electrons. The zero-order chi connectivity index (χ0) is 33.7. The van der Waals surface area contributed by atoms with Crippen molar-refractivity contribution in [2.45, 2.75) is 238 Å². The number of aliphatic hydroxyl groups excluding tert-OH is 2. The number of carbonyl (C=O) groups excluding carboxylic acids is 1. The third-order valence-corrected chi connectivity index (χ3v) is 10.5. The van der Waals surface area contributed by atoms with Crippen LogP contribution >= 0.6 is 0 Å². The fourth-order valence-corrected chi connectivity index (χ4v) is 7.38. The first-order chi connectivity index (χ1) is 22.4. The molecule has 46 heavy (non-hydrogen) atoms. The number of morpholine rings is 1. The average Bonchev–Trinajstić information content (AvgIpc) is 3.03. The highest BCUT2D eigenvalue weighted by atomic mass is 16.5. The van der Waals surface area contributed by atoms with Crippen molar-refractivity contribution >= 4 is 5.97 Å². The predicted molar refractivity (Wildman–Crippen MR) is 197 cm³/mol. The molecule has 0 aliphatic carbocycles. The highest BCUT2D eigenvalue weighted by Gasteiger charge is 2.40. The van der Waals surface area contributed by atoms with Crippen LogP contribution in [0, 0.1) is 5.92 Å². The summed E-state index contributed by atoms with van der Waals surface area (Å²) in [4.78, 5) is 15.7. The highest BCUT2D eigenvalue weighted by Crippen LogP contribution is 2.27. The van der Waals surface area contributed by atoms with Crippen LogP contribution in [0.4, 0.5) is 0 Å². The Bertz CT molecular complexity index is 671. The predicted octanol–water partition coefficient (Wildman–Crippen LogP) is 11.3. The fraction of sp³-hybridized carbons (Fsp3) is 0.976. The van der Waals surface area contributed by atoms with Gasteiger partial charge in [-0.3, -0.25) is 9.69 Å². The Labute approximate surface area is 287 Å². The van der Waals surface area contributed by atoms with E-state index in [9.17, 15) is 15.0 Å². The number of nitrogens with zero attached hydrogens (tertiary/aromatic N) is 1. The molecule has 1 saturated heterocycles. The quantitative estimate of drug-likeness (QED) is 0.0546. The van der Waals surface area contributed by atoms with Gasteiger partial charge in [0.1, 0.15) is 12.1 Å². The van der Waals surface area contributed by atoms with Crippen LogP contribution in [0.5, 0.6) is 0 Å². The first-order valence-electron chi connectivity index (χ1n) is 20.7. The van der Waals surface area contributed by atoms with E-state index in [2.05, 4.69) is 32.6 Å². The van der Waals surface area contributed by atoms with Crippen molar-refractivity contribution in [3.8, 4) is 0 Å². The van der Waals surface area contributed by atoms with Crippen LogP contribution in [-0.4, -0.2) is 58.5 Å². The van der Waals surface area contributed by atoms with Crippen molar-refractivity contribution in [1.82, 2.24) is 4.90 Å². The molecule has 0 amide bonds. The number of cyclic esters (lactones) is 1. The summed E-state index contributed by atoms with van der Waals surface area (Å²) >= 11 is 0. The summed E-state index contributed by atoms with van der Waals surface area (Å²) in [6.07, 6.45) is 33.9. The Morgan fingerprint density at radius 3 is 1.48 bits per heavy atom. The van der Waals surface area contributed by atoms with Crippen molar-refractivity contribution in [3.05, 3.63) is 0 Å². The van der Waals surface area contributed by atoms with E-state index in [4.69, 9.17) is 4.74 Å². The van der Waals surface area contributed by atoms with E-state index in [0.29, 0.717) is 6.54 Å². The number of hydrogen-bond acceptors (Lipinski definition) is 5. The van der Waals surface area contributed by atoms with E-state index in [1.54, 1.807) is 0 Å². The van der Waals surface area contributed by atoms with Crippen LogP contribution < -0.4 is 0 Å². The van der Waals surface area contributed by atoms with Crippen molar-refractivity contribution in [1.29, 1.82) is 0 Å². The molecule has 0 aromatic carbocycles. The number of rotatable bonds is 33. The van der Waals surface area contributed by atoms with Gasteiger partial charge in [-0.05, 0) is 44.4 Å². The number of β-amino-alcohol motifs (C(OH)–C–C–N with tert-alkyl or cyclic N) is 1. The number of hydrogen-bond donors (Lipinski definition) is 2. The van der Waals surface area contributed by atoms with Crippen LogP contribution in [0.15, 0.2) is 0 Å². The van der Waals surface area contributed by atoms with Gasteiger partial charge in [-0.15, -0.1) is 0 Å². The topological polar surface area (TPSA) is 70.0 Å². The number of carbonyl (C=O) groups is 1. The number of unbranched alkanes of at least 4 members (excludes halogenated alkanes) is 21. The Hall–Kier alpha value is -0.650. The van der Waals surface area contributed by atoms with Gasteiger partial charge >= 0.3 is 5.97 Å². The molecule has 0 bridgehead atoms. The Morgan fingerprint density at radius 1 is 0.587 bits per heavy atom. The van der Waals surface area contributed by atoms with Gasteiger partial charge in [0, 0.05) is 13.1 Å². The van der Waals surface area contributed by atoms with E-state index in [0.717, 1.165) is 57.9 Å². The first kappa shape index (κ1) is 43.4. The lowest BCUT2D eigenvalue weighted by atomic mass is 9.90. The standard InChI is InChI=1S/C41H81NO4/c1-5-8-11-14-17-20-23-26-29-37(43)33-32-36(4)40-41(45)46-39(31-28-25-22-19-16-13-10-7-3)35-42(40)34-38(44)30-27-24-21-18-15-12-9-6-2/h36-40,43-44H,5-35H2,1-4H3. The number of esters is 1. The molecule has 2 N–H and O–H groups in total. The summed E-state index contributed by atoms with van der Waals surface area (Å²) in [7, 11) is 0. The van der Waals surface area contributed by atoms with Crippen LogP contribution in [0.1, 0.15) is 214 Å². The lowest BCUT2D eigenvalue weighted by Gasteiger charge is -2.42.